The number of nitro benzene ring substituents is 1. The number of nitro groups is 1. The van der Waals surface area contributed by atoms with Crippen molar-refractivity contribution >= 4 is 46.5 Å². The van der Waals surface area contributed by atoms with Crippen LogP contribution in [0.1, 0.15) is 23.0 Å². The summed E-state index contributed by atoms with van der Waals surface area (Å²) in [5.74, 6) is 2.22. The first-order chi connectivity index (χ1) is 13.1. The zero-order chi connectivity index (χ0) is 19.1. The minimum absolute atomic E-state index is 0.00749. The van der Waals surface area contributed by atoms with E-state index in [1.807, 2.05) is 41.7 Å². The van der Waals surface area contributed by atoms with E-state index in [9.17, 15) is 14.9 Å². The Morgan fingerprint density at radius 2 is 1.93 bits per heavy atom. The van der Waals surface area contributed by atoms with Crippen molar-refractivity contribution in [2.75, 3.05) is 28.7 Å². The van der Waals surface area contributed by atoms with Crippen molar-refractivity contribution < 1.29 is 9.72 Å². The van der Waals surface area contributed by atoms with Crippen LogP contribution >= 0.6 is 23.5 Å². The minimum atomic E-state index is -0.435. The average Bonchev–Trinajstić information content (AvgIpc) is 2.69. The molecule has 142 valence electrons. The van der Waals surface area contributed by atoms with E-state index in [1.54, 1.807) is 18.2 Å². The molecule has 0 radical (unpaired) electrons. The number of hydrogen-bond acceptors (Lipinski definition) is 6. The molecule has 1 fully saturated rings. The van der Waals surface area contributed by atoms with Gasteiger partial charge in [-0.1, -0.05) is 24.3 Å². The van der Waals surface area contributed by atoms with Crippen molar-refractivity contribution in [2.45, 2.75) is 17.4 Å². The molecule has 2 aromatic carbocycles. The summed E-state index contributed by atoms with van der Waals surface area (Å²) < 4.78 is 0.427. The molecule has 1 heterocycles. The van der Waals surface area contributed by atoms with Gasteiger partial charge >= 0.3 is 0 Å². The SMILES string of the molecule is O=C(CCNc1ccccc1[N+](=O)[O-])Nc1cccc(C2SCCCS2)c1. The van der Waals surface area contributed by atoms with E-state index < -0.39 is 4.92 Å². The number of anilines is 2. The molecule has 0 bridgehead atoms. The monoisotopic (exact) mass is 403 g/mol. The predicted octanol–water partition coefficient (Wildman–Crippen LogP) is 4.90. The van der Waals surface area contributed by atoms with Gasteiger partial charge in [0.05, 0.1) is 9.51 Å². The van der Waals surface area contributed by atoms with Crippen LogP contribution in [0.15, 0.2) is 48.5 Å². The van der Waals surface area contributed by atoms with Gasteiger partial charge in [0, 0.05) is 24.7 Å². The first-order valence-corrected chi connectivity index (χ1v) is 10.8. The second-order valence-electron chi connectivity index (χ2n) is 6.05. The number of amides is 1. The van der Waals surface area contributed by atoms with Crippen molar-refractivity contribution in [3.05, 3.63) is 64.2 Å². The van der Waals surface area contributed by atoms with Gasteiger partial charge in [0.1, 0.15) is 5.69 Å². The van der Waals surface area contributed by atoms with Gasteiger partial charge in [-0.25, -0.2) is 0 Å². The van der Waals surface area contributed by atoms with Crippen LogP contribution in [0.2, 0.25) is 0 Å². The normalized spacial score (nSPS) is 14.5. The lowest BCUT2D eigenvalue weighted by molar-refractivity contribution is -0.384. The summed E-state index contributed by atoms with van der Waals surface area (Å²) in [6, 6.07) is 14.4. The summed E-state index contributed by atoms with van der Waals surface area (Å²) in [5.41, 5.74) is 2.44. The highest BCUT2D eigenvalue weighted by molar-refractivity contribution is 8.16. The standard InChI is InChI=1S/C19H21N3O3S2/c23-18(9-10-20-16-7-1-2-8-17(16)22(24)25)21-15-6-3-5-14(13-15)19-26-11-4-12-27-19/h1-3,5-8,13,19-20H,4,9-12H2,(H,21,23). The van der Waals surface area contributed by atoms with Crippen molar-refractivity contribution in [3.63, 3.8) is 0 Å². The molecule has 1 aliphatic rings. The van der Waals surface area contributed by atoms with Gasteiger partial charge in [-0.2, -0.15) is 0 Å². The molecule has 0 aliphatic carbocycles. The smallest absolute Gasteiger partial charge is 0.292 e. The van der Waals surface area contributed by atoms with Crippen molar-refractivity contribution in [1.29, 1.82) is 0 Å². The van der Waals surface area contributed by atoms with Gasteiger partial charge < -0.3 is 10.6 Å². The van der Waals surface area contributed by atoms with E-state index in [2.05, 4.69) is 16.7 Å². The number of hydrogen-bond donors (Lipinski definition) is 2. The highest BCUT2D eigenvalue weighted by atomic mass is 32.2. The van der Waals surface area contributed by atoms with E-state index >= 15 is 0 Å². The number of thioether (sulfide) groups is 2. The number of benzene rings is 2. The second-order valence-corrected chi connectivity index (χ2v) is 8.78. The molecule has 8 heteroatoms. The van der Waals surface area contributed by atoms with Crippen LogP contribution in [0.3, 0.4) is 0 Å². The fourth-order valence-electron chi connectivity index (χ4n) is 2.76. The molecule has 2 aromatic rings. The van der Waals surface area contributed by atoms with Crippen LogP contribution in [0.25, 0.3) is 0 Å². The van der Waals surface area contributed by atoms with E-state index in [4.69, 9.17) is 0 Å². The lowest BCUT2D eigenvalue weighted by atomic mass is 10.2. The molecular weight excluding hydrogens is 382 g/mol. The zero-order valence-electron chi connectivity index (χ0n) is 14.7. The third-order valence-electron chi connectivity index (χ3n) is 4.04. The van der Waals surface area contributed by atoms with Gasteiger partial charge in [-0.3, -0.25) is 14.9 Å². The lowest BCUT2D eigenvalue weighted by Gasteiger charge is -2.21. The number of para-hydroxylation sites is 2. The molecule has 0 unspecified atom stereocenters. The maximum Gasteiger partial charge on any atom is 0.292 e. The first-order valence-electron chi connectivity index (χ1n) is 8.74. The largest absolute Gasteiger partial charge is 0.379 e. The Morgan fingerprint density at radius 3 is 2.70 bits per heavy atom. The number of nitrogens with one attached hydrogen (secondary N) is 2. The lowest BCUT2D eigenvalue weighted by Crippen LogP contribution is -2.16. The number of rotatable bonds is 7. The van der Waals surface area contributed by atoms with Gasteiger partial charge in [-0.15, -0.1) is 23.5 Å². The Kier molecular flexibility index (Phi) is 7.00. The Hall–Kier alpha value is -2.19. The van der Waals surface area contributed by atoms with Crippen LogP contribution in [-0.4, -0.2) is 28.9 Å². The molecule has 0 saturated carbocycles. The van der Waals surface area contributed by atoms with Crippen molar-refractivity contribution in [2.24, 2.45) is 0 Å². The zero-order valence-corrected chi connectivity index (χ0v) is 16.4. The summed E-state index contributed by atoms with van der Waals surface area (Å²) in [6.07, 6.45) is 1.47. The highest BCUT2D eigenvalue weighted by Gasteiger charge is 2.17. The van der Waals surface area contributed by atoms with Crippen LogP contribution in [0, 0.1) is 10.1 Å². The first kappa shape index (κ1) is 19.6. The summed E-state index contributed by atoms with van der Waals surface area (Å²) in [5, 5.41) is 16.9. The summed E-state index contributed by atoms with van der Waals surface area (Å²) in [7, 11) is 0. The Bertz CT molecular complexity index is 810. The third kappa shape index (κ3) is 5.64. The van der Waals surface area contributed by atoms with Crippen molar-refractivity contribution in [3.8, 4) is 0 Å². The summed E-state index contributed by atoms with van der Waals surface area (Å²) in [4.78, 5) is 22.8. The van der Waals surface area contributed by atoms with Gasteiger partial charge in [-0.05, 0) is 41.7 Å². The van der Waals surface area contributed by atoms with Gasteiger partial charge in [0.25, 0.3) is 5.69 Å². The number of carbonyl (C=O) groups is 1. The molecule has 6 nitrogen and oxygen atoms in total. The fourth-order valence-corrected chi connectivity index (χ4v) is 5.63. The van der Waals surface area contributed by atoms with Crippen LogP contribution in [-0.2, 0) is 4.79 Å². The second kappa shape index (κ2) is 9.66. The fraction of sp³-hybridized carbons (Fsp3) is 0.316. The molecule has 1 saturated heterocycles. The predicted molar refractivity (Wildman–Crippen MR) is 114 cm³/mol. The van der Waals surface area contributed by atoms with E-state index in [0.717, 1.165) is 5.69 Å². The van der Waals surface area contributed by atoms with Crippen LogP contribution < -0.4 is 10.6 Å². The Balaban J connectivity index is 1.52. The van der Waals surface area contributed by atoms with Crippen molar-refractivity contribution in [1.82, 2.24) is 0 Å². The van der Waals surface area contributed by atoms with Crippen LogP contribution in [0.5, 0.6) is 0 Å². The molecular formula is C19H21N3O3S2. The molecule has 1 amide bonds. The third-order valence-corrected chi connectivity index (χ3v) is 7.05. The molecule has 3 rings (SSSR count). The highest BCUT2D eigenvalue weighted by Crippen LogP contribution is 2.44. The molecule has 27 heavy (non-hydrogen) atoms. The van der Waals surface area contributed by atoms with Crippen LogP contribution in [0.4, 0.5) is 17.1 Å². The van der Waals surface area contributed by atoms with Gasteiger partial charge in [0.15, 0.2) is 0 Å². The maximum atomic E-state index is 12.2. The maximum absolute atomic E-state index is 12.2. The summed E-state index contributed by atoms with van der Waals surface area (Å²) in [6.45, 7) is 0.324. The molecule has 0 spiro atoms. The topological polar surface area (TPSA) is 84.3 Å². The van der Waals surface area contributed by atoms with E-state index in [-0.39, 0.29) is 18.0 Å². The van der Waals surface area contributed by atoms with Gasteiger partial charge in [0.2, 0.25) is 5.91 Å². The Labute approximate surface area is 166 Å². The molecule has 0 atom stereocenters. The van der Waals surface area contributed by atoms with E-state index in [0.29, 0.717) is 16.8 Å². The number of carbonyl (C=O) groups excluding carboxylic acids is 1. The molecule has 0 aromatic heterocycles. The van der Waals surface area contributed by atoms with E-state index in [1.165, 1.54) is 29.6 Å². The molecule has 1 aliphatic heterocycles. The quantitative estimate of drug-likeness (QED) is 0.505. The Morgan fingerprint density at radius 1 is 1.15 bits per heavy atom. The number of nitrogens with zero attached hydrogens (tertiary/aromatic N) is 1. The molecule has 2 N–H and O–H groups in total. The average molecular weight is 404 g/mol. The summed E-state index contributed by atoms with van der Waals surface area (Å²) >= 11 is 3.89. The minimum Gasteiger partial charge on any atom is -0.379 e.